The van der Waals surface area contributed by atoms with Crippen LogP contribution in [0, 0.1) is 0 Å². The number of benzene rings is 2. The van der Waals surface area contributed by atoms with Crippen molar-refractivity contribution in [3.63, 3.8) is 0 Å². The predicted molar refractivity (Wildman–Crippen MR) is 88.3 cm³/mol. The molecule has 22 heavy (non-hydrogen) atoms. The third kappa shape index (κ3) is 4.29. The molecule has 0 unspecified atom stereocenters. The zero-order chi connectivity index (χ0) is 16.1. The smallest absolute Gasteiger partial charge is 0.228 e. The van der Waals surface area contributed by atoms with Gasteiger partial charge in [-0.25, -0.2) is 0 Å². The molecule has 0 heterocycles. The maximum Gasteiger partial charge on any atom is 0.228 e. The van der Waals surface area contributed by atoms with E-state index in [-0.39, 0.29) is 12.3 Å². The first-order valence-corrected chi connectivity index (χ1v) is 7.24. The van der Waals surface area contributed by atoms with Gasteiger partial charge in [-0.15, -0.1) is 0 Å². The molecule has 0 atom stereocenters. The molecule has 1 N–H and O–H groups in total. The van der Waals surface area contributed by atoms with Gasteiger partial charge in [0.25, 0.3) is 0 Å². The minimum atomic E-state index is -0.195. The Kier molecular flexibility index (Phi) is 5.52. The Morgan fingerprint density at radius 1 is 1.05 bits per heavy atom. The highest BCUT2D eigenvalue weighted by atomic mass is 35.5. The number of anilines is 1. The normalized spacial score (nSPS) is 10.2. The van der Waals surface area contributed by atoms with Crippen LogP contribution >= 0.6 is 23.2 Å². The Labute approximate surface area is 138 Å². The van der Waals surface area contributed by atoms with Crippen molar-refractivity contribution < 1.29 is 14.3 Å². The molecule has 2 aromatic carbocycles. The molecule has 0 saturated carbocycles. The van der Waals surface area contributed by atoms with Gasteiger partial charge in [0.05, 0.1) is 20.6 Å². The fourth-order valence-corrected chi connectivity index (χ4v) is 2.40. The number of halogens is 2. The Morgan fingerprint density at radius 2 is 1.68 bits per heavy atom. The number of methoxy groups -OCH3 is 2. The number of ether oxygens (including phenoxy) is 2. The van der Waals surface area contributed by atoms with Crippen LogP contribution in [0.15, 0.2) is 36.4 Å². The molecule has 0 radical (unpaired) electrons. The summed E-state index contributed by atoms with van der Waals surface area (Å²) in [5, 5.41) is 3.79. The largest absolute Gasteiger partial charge is 0.497 e. The van der Waals surface area contributed by atoms with Crippen LogP contribution in [0.4, 0.5) is 5.69 Å². The number of hydrogen-bond acceptors (Lipinski definition) is 3. The summed E-state index contributed by atoms with van der Waals surface area (Å²) in [7, 11) is 3.10. The Hall–Kier alpha value is -1.91. The second-order valence-electron chi connectivity index (χ2n) is 4.56. The second kappa shape index (κ2) is 7.38. The van der Waals surface area contributed by atoms with E-state index in [1.54, 1.807) is 50.6 Å². The molecule has 0 spiro atoms. The van der Waals surface area contributed by atoms with Crippen molar-refractivity contribution in [3.8, 4) is 11.5 Å². The lowest BCUT2D eigenvalue weighted by atomic mass is 10.1. The molecule has 0 aliphatic carbocycles. The van der Waals surface area contributed by atoms with Gasteiger partial charge in [0.15, 0.2) is 0 Å². The minimum absolute atomic E-state index is 0.148. The Balaban J connectivity index is 2.11. The summed E-state index contributed by atoms with van der Waals surface area (Å²) in [6.07, 6.45) is 0.148. The van der Waals surface area contributed by atoms with E-state index in [9.17, 15) is 4.79 Å². The van der Waals surface area contributed by atoms with Crippen molar-refractivity contribution >= 4 is 34.8 Å². The fourth-order valence-electron chi connectivity index (χ4n) is 1.92. The first kappa shape index (κ1) is 16.5. The van der Waals surface area contributed by atoms with E-state index in [0.29, 0.717) is 32.8 Å². The molecule has 1 amide bonds. The molecule has 0 aliphatic heterocycles. The minimum Gasteiger partial charge on any atom is -0.497 e. The molecule has 116 valence electrons. The molecular weight excluding hydrogens is 325 g/mol. The first-order chi connectivity index (χ1) is 10.5. The lowest BCUT2D eigenvalue weighted by Crippen LogP contribution is -2.14. The van der Waals surface area contributed by atoms with Gasteiger partial charge in [-0.05, 0) is 17.7 Å². The van der Waals surface area contributed by atoms with Crippen LogP contribution in [0.25, 0.3) is 0 Å². The zero-order valence-corrected chi connectivity index (χ0v) is 13.7. The molecule has 0 saturated heterocycles. The molecule has 0 aromatic heterocycles. The summed E-state index contributed by atoms with van der Waals surface area (Å²) in [6.45, 7) is 0. The number of nitrogens with one attached hydrogen (secondary N) is 1. The van der Waals surface area contributed by atoms with Crippen LogP contribution in [-0.4, -0.2) is 20.1 Å². The van der Waals surface area contributed by atoms with Crippen molar-refractivity contribution in [2.45, 2.75) is 6.42 Å². The van der Waals surface area contributed by atoms with Gasteiger partial charge in [-0.2, -0.15) is 0 Å². The third-order valence-electron chi connectivity index (χ3n) is 3.00. The van der Waals surface area contributed by atoms with E-state index >= 15 is 0 Å². The highest BCUT2D eigenvalue weighted by molar-refractivity contribution is 6.35. The molecule has 0 aliphatic rings. The van der Waals surface area contributed by atoms with Crippen molar-refractivity contribution in [1.29, 1.82) is 0 Å². The highest BCUT2D eigenvalue weighted by Gasteiger charge is 2.10. The quantitative estimate of drug-likeness (QED) is 0.888. The van der Waals surface area contributed by atoms with E-state index in [1.165, 1.54) is 0 Å². The van der Waals surface area contributed by atoms with Crippen LogP contribution < -0.4 is 14.8 Å². The standard InChI is InChI=1S/C16H15Cl2NO3/c1-21-13-7-12(8-14(9-13)22-2)19-16(20)5-10-3-4-11(17)6-15(10)18/h3-4,6-9H,5H2,1-2H3,(H,19,20). The lowest BCUT2D eigenvalue weighted by molar-refractivity contribution is -0.115. The Bertz CT molecular complexity index is 667. The third-order valence-corrected chi connectivity index (χ3v) is 3.59. The summed E-state index contributed by atoms with van der Waals surface area (Å²) < 4.78 is 10.3. The predicted octanol–water partition coefficient (Wildman–Crippen LogP) is 4.19. The van der Waals surface area contributed by atoms with Gasteiger partial charge < -0.3 is 14.8 Å². The average molecular weight is 340 g/mol. The summed E-state index contributed by atoms with van der Waals surface area (Å²) in [5.74, 6) is 0.998. The van der Waals surface area contributed by atoms with E-state index in [2.05, 4.69) is 5.32 Å². The van der Waals surface area contributed by atoms with Crippen molar-refractivity contribution in [2.75, 3.05) is 19.5 Å². The number of hydrogen-bond donors (Lipinski definition) is 1. The maximum atomic E-state index is 12.1. The molecule has 0 bridgehead atoms. The Morgan fingerprint density at radius 3 is 2.23 bits per heavy atom. The van der Waals surface area contributed by atoms with E-state index in [1.807, 2.05) is 0 Å². The SMILES string of the molecule is COc1cc(NC(=O)Cc2ccc(Cl)cc2Cl)cc(OC)c1. The van der Waals surface area contributed by atoms with Crippen molar-refractivity contribution in [3.05, 3.63) is 52.0 Å². The van der Waals surface area contributed by atoms with E-state index in [4.69, 9.17) is 32.7 Å². The number of carbonyl (C=O) groups is 1. The number of rotatable bonds is 5. The first-order valence-electron chi connectivity index (χ1n) is 6.48. The zero-order valence-electron chi connectivity index (χ0n) is 12.2. The molecule has 2 rings (SSSR count). The van der Waals surface area contributed by atoms with Crippen LogP contribution in [-0.2, 0) is 11.2 Å². The summed E-state index contributed by atoms with van der Waals surface area (Å²) in [5.41, 5.74) is 1.30. The molecular formula is C16H15Cl2NO3. The van der Waals surface area contributed by atoms with Gasteiger partial charge in [0, 0.05) is 33.9 Å². The molecule has 2 aromatic rings. The summed E-state index contributed by atoms with van der Waals surface area (Å²) in [4.78, 5) is 12.1. The van der Waals surface area contributed by atoms with Crippen LogP contribution in [0.3, 0.4) is 0 Å². The van der Waals surface area contributed by atoms with Gasteiger partial charge in [0.2, 0.25) is 5.91 Å². The fraction of sp³-hybridized carbons (Fsp3) is 0.188. The summed E-state index contributed by atoms with van der Waals surface area (Å²) in [6, 6.07) is 10.2. The second-order valence-corrected chi connectivity index (χ2v) is 5.41. The highest BCUT2D eigenvalue weighted by Crippen LogP contribution is 2.26. The topological polar surface area (TPSA) is 47.6 Å². The van der Waals surface area contributed by atoms with Crippen molar-refractivity contribution in [1.82, 2.24) is 0 Å². The van der Waals surface area contributed by atoms with Crippen LogP contribution in [0.5, 0.6) is 11.5 Å². The number of amides is 1. The molecule has 4 nitrogen and oxygen atoms in total. The van der Waals surface area contributed by atoms with E-state index in [0.717, 1.165) is 0 Å². The van der Waals surface area contributed by atoms with E-state index < -0.39 is 0 Å². The lowest BCUT2D eigenvalue weighted by Gasteiger charge is -2.10. The molecule has 0 fully saturated rings. The van der Waals surface area contributed by atoms with Gasteiger partial charge in [-0.1, -0.05) is 29.3 Å². The van der Waals surface area contributed by atoms with Crippen LogP contribution in [0.2, 0.25) is 10.0 Å². The monoisotopic (exact) mass is 339 g/mol. The average Bonchev–Trinajstić information content (AvgIpc) is 2.49. The van der Waals surface area contributed by atoms with Crippen LogP contribution in [0.1, 0.15) is 5.56 Å². The molecule has 6 heteroatoms. The van der Waals surface area contributed by atoms with Gasteiger partial charge in [0.1, 0.15) is 11.5 Å². The maximum absolute atomic E-state index is 12.1. The van der Waals surface area contributed by atoms with Gasteiger partial charge >= 0.3 is 0 Å². The van der Waals surface area contributed by atoms with Gasteiger partial charge in [-0.3, -0.25) is 4.79 Å². The van der Waals surface area contributed by atoms with Crippen molar-refractivity contribution in [2.24, 2.45) is 0 Å². The summed E-state index contributed by atoms with van der Waals surface area (Å²) >= 11 is 11.9. The number of carbonyl (C=O) groups excluding carboxylic acids is 1.